The summed E-state index contributed by atoms with van der Waals surface area (Å²) < 4.78 is 0. The highest BCUT2D eigenvalue weighted by atomic mass is 35.5. The van der Waals surface area contributed by atoms with Gasteiger partial charge >= 0.3 is 0 Å². The van der Waals surface area contributed by atoms with Gasteiger partial charge in [0.05, 0.1) is 10.7 Å². The minimum Gasteiger partial charge on any atom is -0.389 e. The van der Waals surface area contributed by atoms with Gasteiger partial charge in [-0.25, -0.2) is 0 Å². The molecular weight excluding hydrogens is 276 g/mol. The molecule has 2 aromatic rings. The van der Waals surface area contributed by atoms with Gasteiger partial charge in [-0.05, 0) is 37.6 Å². The van der Waals surface area contributed by atoms with E-state index in [1.807, 2.05) is 50.2 Å². The van der Waals surface area contributed by atoms with Crippen molar-refractivity contribution >= 4 is 40.2 Å². The van der Waals surface area contributed by atoms with Gasteiger partial charge in [0, 0.05) is 11.3 Å². The van der Waals surface area contributed by atoms with Crippen LogP contribution in [0, 0.1) is 13.8 Å². The lowest BCUT2D eigenvalue weighted by atomic mass is 10.1. The van der Waals surface area contributed by atoms with Crippen LogP contribution in [0.15, 0.2) is 36.4 Å². The quantitative estimate of drug-likeness (QED) is 0.826. The number of nitrogens with two attached hydrogens (primary N) is 1. The van der Waals surface area contributed by atoms with E-state index in [4.69, 9.17) is 29.6 Å². The van der Waals surface area contributed by atoms with Gasteiger partial charge in [0.1, 0.15) is 4.99 Å². The van der Waals surface area contributed by atoms with Crippen LogP contribution in [0.4, 0.5) is 11.4 Å². The van der Waals surface area contributed by atoms with Gasteiger partial charge in [0.25, 0.3) is 0 Å². The molecule has 19 heavy (non-hydrogen) atoms. The third-order valence-electron chi connectivity index (χ3n) is 2.92. The molecule has 0 amide bonds. The maximum absolute atomic E-state index is 6.22. The number of anilines is 2. The lowest BCUT2D eigenvalue weighted by Gasteiger charge is -2.15. The molecule has 98 valence electrons. The van der Waals surface area contributed by atoms with Crippen molar-refractivity contribution in [3.63, 3.8) is 0 Å². The van der Waals surface area contributed by atoms with Gasteiger partial charge in [-0.15, -0.1) is 0 Å². The highest BCUT2D eigenvalue weighted by Gasteiger charge is 2.09. The molecule has 0 radical (unpaired) electrons. The largest absolute Gasteiger partial charge is 0.389 e. The Morgan fingerprint density at radius 3 is 2.58 bits per heavy atom. The summed E-state index contributed by atoms with van der Waals surface area (Å²) in [6, 6.07) is 11.7. The van der Waals surface area contributed by atoms with E-state index in [1.54, 1.807) is 0 Å². The molecule has 0 aliphatic heterocycles. The van der Waals surface area contributed by atoms with E-state index in [-0.39, 0.29) is 0 Å². The molecule has 0 aliphatic carbocycles. The number of nitrogens with one attached hydrogen (secondary N) is 1. The summed E-state index contributed by atoms with van der Waals surface area (Å²) in [5, 5.41) is 3.99. The Kier molecular flexibility index (Phi) is 4.08. The van der Waals surface area contributed by atoms with Crippen LogP contribution in [0.5, 0.6) is 0 Å². The lowest BCUT2D eigenvalue weighted by molar-refractivity contribution is 1.40. The second-order valence-corrected chi connectivity index (χ2v) is 5.32. The monoisotopic (exact) mass is 290 g/mol. The SMILES string of the molecule is Cc1ccc(Nc2c(C)cccc2Cl)c(C(N)=S)c1. The van der Waals surface area contributed by atoms with Crippen LogP contribution in [0.2, 0.25) is 5.02 Å². The highest BCUT2D eigenvalue weighted by Crippen LogP contribution is 2.30. The zero-order valence-electron chi connectivity index (χ0n) is 10.8. The molecular formula is C15H15ClN2S. The fraction of sp³-hybridized carbons (Fsp3) is 0.133. The number of rotatable bonds is 3. The highest BCUT2D eigenvalue weighted by molar-refractivity contribution is 7.80. The van der Waals surface area contributed by atoms with Gasteiger partial charge in [-0.3, -0.25) is 0 Å². The van der Waals surface area contributed by atoms with Gasteiger partial charge in [-0.2, -0.15) is 0 Å². The van der Waals surface area contributed by atoms with E-state index in [1.165, 1.54) is 0 Å². The Balaban J connectivity index is 2.47. The smallest absolute Gasteiger partial charge is 0.106 e. The van der Waals surface area contributed by atoms with Crippen LogP contribution in [0.25, 0.3) is 0 Å². The van der Waals surface area contributed by atoms with Crippen LogP contribution >= 0.6 is 23.8 Å². The van der Waals surface area contributed by atoms with Crippen molar-refractivity contribution in [2.75, 3.05) is 5.32 Å². The van der Waals surface area contributed by atoms with Crippen LogP contribution in [0.3, 0.4) is 0 Å². The Morgan fingerprint density at radius 2 is 1.95 bits per heavy atom. The van der Waals surface area contributed by atoms with Crippen molar-refractivity contribution in [2.45, 2.75) is 13.8 Å². The summed E-state index contributed by atoms with van der Waals surface area (Å²) in [5.41, 5.74) is 10.5. The minimum absolute atomic E-state index is 0.371. The number of thiocarbonyl (C=S) groups is 1. The fourth-order valence-electron chi connectivity index (χ4n) is 1.90. The van der Waals surface area contributed by atoms with Crippen molar-refractivity contribution in [3.05, 3.63) is 58.1 Å². The summed E-state index contributed by atoms with van der Waals surface area (Å²) >= 11 is 11.3. The molecule has 0 aromatic heterocycles. The number of para-hydroxylation sites is 1. The Labute approximate surface area is 123 Å². The number of hydrogen-bond donors (Lipinski definition) is 2. The van der Waals surface area contributed by atoms with E-state index < -0.39 is 0 Å². The second kappa shape index (κ2) is 5.59. The van der Waals surface area contributed by atoms with Crippen molar-refractivity contribution in [2.24, 2.45) is 5.73 Å². The van der Waals surface area contributed by atoms with Crippen molar-refractivity contribution in [1.29, 1.82) is 0 Å². The Bertz CT molecular complexity index is 618. The molecule has 2 rings (SSSR count). The van der Waals surface area contributed by atoms with Crippen LogP contribution in [-0.2, 0) is 0 Å². The zero-order valence-corrected chi connectivity index (χ0v) is 12.4. The molecule has 0 fully saturated rings. The van der Waals surface area contributed by atoms with Crippen molar-refractivity contribution < 1.29 is 0 Å². The summed E-state index contributed by atoms with van der Waals surface area (Å²) in [6.45, 7) is 4.01. The number of halogens is 1. The summed E-state index contributed by atoms with van der Waals surface area (Å²) in [6.07, 6.45) is 0. The topological polar surface area (TPSA) is 38.0 Å². The average molecular weight is 291 g/mol. The molecule has 2 aromatic carbocycles. The molecule has 3 N–H and O–H groups in total. The first-order chi connectivity index (χ1) is 8.99. The maximum Gasteiger partial charge on any atom is 0.106 e. The molecule has 0 bridgehead atoms. The fourth-order valence-corrected chi connectivity index (χ4v) is 2.33. The van der Waals surface area contributed by atoms with Crippen LogP contribution in [-0.4, -0.2) is 4.99 Å². The standard InChI is InChI=1S/C15H15ClN2S/c1-9-6-7-13(11(8-9)15(17)19)18-14-10(2)4-3-5-12(14)16/h3-8,18H,1-2H3,(H2,17,19). The van der Waals surface area contributed by atoms with Crippen molar-refractivity contribution in [1.82, 2.24) is 0 Å². The third kappa shape index (κ3) is 3.06. The second-order valence-electron chi connectivity index (χ2n) is 4.47. The zero-order chi connectivity index (χ0) is 14.0. The first kappa shape index (κ1) is 13.8. The maximum atomic E-state index is 6.22. The van der Waals surface area contributed by atoms with E-state index in [0.29, 0.717) is 10.0 Å². The molecule has 2 nitrogen and oxygen atoms in total. The first-order valence-electron chi connectivity index (χ1n) is 5.91. The van der Waals surface area contributed by atoms with Gasteiger partial charge in [-0.1, -0.05) is 47.6 Å². The van der Waals surface area contributed by atoms with Crippen LogP contribution < -0.4 is 11.1 Å². The van der Waals surface area contributed by atoms with Gasteiger partial charge in [0.15, 0.2) is 0 Å². The number of hydrogen-bond acceptors (Lipinski definition) is 2. The van der Waals surface area contributed by atoms with Crippen molar-refractivity contribution in [3.8, 4) is 0 Å². The lowest BCUT2D eigenvalue weighted by Crippen LogP contribution is -2.12. The van der Waals surface area contributed by atoms with E-state index >= 15 is 0 Å². The normalized spacial score (nSPS) is 10.3. The molecule has 0 unspecified atom stereocenters. The minimum atomic E-state index is 0.371. The first-order valence-corrected chi connectivity index (χ1v) is 6.70. The molecule has 0 atom stereocenters. The van der Waals surface area contributed by atoms with Crippen LogP contribution in [0.1, 0.15) is 16.7 Å². The molecule has 0 saturated carbocycles. The molecule has 4 heteroatoms. The third-order valence-corrected chi connectivity index (χ3v) is 3.46. The van der Waals surface area contributed by atoms with E-state index in [9.17, 15) is 0 Å². The number of benzene rings is 2. The van der Waals surface area contributed by atoms with E-state index in [0.717, 1.165) is 28.1 Å². The Morgan fingerprint density at radius 1 is 1.21 bits per heavy atom. The van der Waals surface area contributed by atoms with E-state index in [2.05, 4.69) is 5.32 Å². The molecule has 0 spiro atoms. The predicted octanol–water partition coefficient (Wildman–Crippen LogP) is 4.33. The predicted molar refractivity (Wildman–Crippen MR) is 86.5 cm³/mol. The molecule has 0 heterocycles. The number of aryl methyl sites for hydroxylation is 2. The summed E-state index contributed by atoms with van der Waals surface area (Å²) in [4.78, 5) is 0.371. The molecule has 0 aliphatic rings. The Hall–Kier alpha value is -1.58. The average Bonchev–Trinajstić information content (AvgIpc) is 2.35. The summed E-state index contributed by atoms with van der Waals surface area (Å²) in [5.74, 6) is 0. The van der Waals surface area contributed by atoms with Gasteiger partial charge < -0.3 is 11.1 Å². The summed E-state index contributed by atoms with van der Waals surface area (Å²) in [7, 11) is 0. The van der Waals surface area contributed by atoms with Gasteiger partial charge in [0.2, 0.25) is 0 Å². The molecule has 0 saturated heterocycles.